The summed E-state index contributed by atoms with van der Waals surface area (Å²) < 4.78 is 11.5. The molecule has 0 spiro atoms. The van der Waals surface area contributed by atoms with Crippen LogP contribution in [0.2, 0.25) is 13.1 Å². The Hall–Kier alpha value is -0.123. The van der Waals surface area contributed by atoms with Crippen molar-refractivity contribution in [3.63, 3.8) is 0 Å². The normalized spacial score (nSPS) is 11.9. The Morgan fingerprint density at radius 1 is 1.21 bits per heavy atom. The molecule has 0 saturated carbocycles. The van der Waals surface area contributed by atoms with Gasteiger partial charge in [-0.3, -0.25) is 0 Å². The lowest BCUT2D eigenvalue weighted by Crippen LogP contribution is -2.36. The summed E-state index contributed by atoms with van der Waals surface area (Å²) in [5, 5.41) is 0. The van der Waals surface area contributed by atoms with E-state index in [0.29, 0.717) is 12.5 Å². The summed E-state index contributed by atoms with van der Waals surface area (Å²) in [6.07, 6.45) is 2.09. The summed E-state index contributed by atoms with van der Waals surface area (Å²) in [7, 11) is -1.88. The molecule has 0 aromatic rings. The first kappa shape index (κ1) is 13.9. The molecule has 0 heterocycles. The van der Waals surface area contributed by atoms with Gasteiger partial charge >= 0.3 is 8.56 Å². The monoisotopic (exact) mass is 216 g/mol. The molecule has 0 aliphatic carbocycles. The van der Waals surface area contributed by atoms with Gasteiger partial charge in [-0.1, -0.05) is 25.5 Å². The minimum Gasteiger partial charge on any atom is -0.394 e. The minimum absolute atomic E-state index is 0.578. The van der Waals surface area contributed by atoms with Crippen LogP contribution in [-0.4, -0.2) is 21.8 Å². The van der Waals surface area contributed by atoms with E-state index >= 15 is 0 Å². The smallest absolute Gasteiger partial charge is 0.331 e. The molecule has 3 heteroatoms. The van der Waals surface area contributed by atoms with E-state index in [2.05, 4.69) is 46.9 Å². The Bertz CT molecular complexity index is 182. The van der Waals surface area contributed by atoms with E-state index in [1.807, 2.05) is 0 Å². The van der Waals surface area contributed by atoms with Crippen molar-refractivity contribution in [2.45, 2.75) is 40.8 Å². The van der Waals surface area contributed by atoms with Gasteiger partial charge in [-0.25, -0.2) is 0 Å². The molecule has 0 atom stereocenters. The van der Waals surface area contributed by atoms with Crippen molar-refractivity contribution in [2.75, 3.05) is 13.2 Å². The van der Waals surface area contributed by atoms with Crippen LogP contribution in [0.3, 0.4) is 0 Å². The van der Waals surface area contributed by atoms with Gasteiger partial charge in [0, 0.05) is 6.61 Å². The van der Waals surface area contributed by atoms with Crippen molar-refractivity contribution < 1.29 is 8.85 Å². The van der Waals surface area contributed by atoms with Gasteiger partial charge in [0.05, 0.1) is 6.61 Å². The average Bonchev–Trinajstić information content (AvgIpc) is 2.00. The van der Waals surface area contributed by atoms with Crippen LogP contribution in [0, 0.1) is 5.92 Å². The molecule has 14 heavy (non-hydrogen) atoms. The van der Waals surface area contributed by atoms with Crippen LogP contribution in [0.15, 0.2) is 11.6 Å². The van der Waals surface area contributed by atoms with Gasteiger partial charge in [0.15, 0.2) is 0 Å². The zero-order chi connectivity index (χ0) is 11.2. The molecule has 0 bridgehead atoms. The summed E-state index contributed by atoms with van der Waals surface area (Å²) in [4.78, 5) is 0. The van der Waals surface area contributed by atoms with E-state index in [-0.39, 0.29) is 0 Å². The third-order valence-corrected chi connectivity index (χ3v) is 3.41. The van der Waals surface area contributed by atoms with Crippen LogP contribution >= 0.6 is 0 Å². The van der Waals surface area contributed by atoms with Crippen molar-refractivity contribution in [3.8, 4) is 0 Å². The molecular weight excluding hydrogens is 192 g/mol. The summed E-state index contributed by atoms with van der Waals surface area (Å²) in [5.41, 5.74) is 1.29. The molecule has 0 N–H and O–H groups in total. The molecule has 0 radical (unpaired) electrons. The molecule has 0 unspecified atom stereocenters. The molecule has 2 nitrogen and oxygen atoms in total. The zero-order valence-electron chi connectivity index (χ0n) is 10.4. The molecule has 0 aliphatic heterocycles. The predicted molar refractivity (Wildman–Crippen MR) is 63.7 cm³/mol. The molecule has 0 fully saturated rings. The SMILES string of the molecule is CC(C)=CCO[Si](C)(C)OCC(C)C. The second-order valence-electron chi connectivity index (χ2n) is 4.70. The highest BCUT2D eigenvalue weighted by molar-refractivity contribution is 6.64. The van der Waals surface area contributed by atoms with Crippen LogP contribution < -0.4 is 0 Å². The number of allylic oxidation sites excluding steroid dienone is 1. The first-order valence-corrected chi connectivity index (χ1v) is 8.06. The summed E-state index contributed by atoms with van der Waals surface area (Å²) in [6.45, 7) is 14.1. The van der Waals surface area contributed by atoms with Gasteiger partial charge in [-0.15, -0.1) is 0 Å². The lowest BCUT2D eigenvalue weighted by atomic mass is 10.2. The fourth-order valence-electron chi connectivity index (χ4n) is 0.818. The van der Waals surface area contributed by atoms with Crippen LogP contribution in [0.5, 0.6) is 0 Å². The van der Waals surface area contributed by atoms with Gasteiger partial charge < -0.3 is 8.85 Å². The van der Waals surface area contributed by atoms with Crippen LogP contribution in [0.4, 0.5) is 0 Å². The maximum atomic E-state index is 5.76. The fraction of sp³-hybridized carbons (Fsp3) is 0.818. The second-order valence-corrected chi connectivity index (χ2v) is 8.07. The molecular formula is C11H24O2Si. The van der Waals surface area contributed by atoms with Crippen molar-refractivity contribution in [1.29, 1.82) is 0 Å². The molecule has 0 saturated heterocycles. The Morgan fingerprint density at radius 2 is 1.79 bits per heavy atom. The molecule has 0 aromatic heterocycles. The Labute approximate surface area is 89.6 Å². The lowest BCUT2D eigenvalue weighted by molar-refractivity contribution is 0.174. The predicted octanol–water partition coefficient (Wildman–Crippen LogP) is 3.34. The largest absolute Gasteiger partial charge is 0.394 e. The summed E-state index contributed by atoms with van der Waals surface area (Å²) in [5.74, 6) is 0.578. The Balaban J connectivity index is 3.77. The van der Waals surface area contributed by atoms with Crippen LogP contribution in [-0.2, 0) is 8.85 Å². The van der Waals surface area contributed by atoms with E-state index in [1.54, 1.807) is 0 Å². The topological polar surface area (TPSA) is 18.5 Å². The lowest BCUT2D eigenvalue weighted by Gasteiger charge is -2.23. The highest BCUT2D eigenvalue weighted by Gasteiger charge is 2.24. The Morgan fingerprint density at radius 3 is 2.21 bits per heavy atom. The quantitative estimate of drug-likeness (QED) is 0.501. The molecule has 0 aromatic carbocycles. The number of hydrogen-bond acceptors (Lipinski definition) is 2. The van der Waals surface area contributed by atoms with E-state index < -0.39 is 8.56 Å². The van der Waals surface area contributed by atoms with Crippen LogP contribution in [0.25, 0.3) is 0 Å². The summed E-state index contributed by atoms with van der Waals surface area (Å²) in [6, 6.07) is 0. The van der Waals surface area contributed by atoms with E-state index in [1.165, 1.54) is 5.57 Å². The van der Waals surface area contributed by atoms with Gasteiger partial charge in [0.1, 0.15) is 0 Å². The zero-order valence-corrected chi connectivity index (χ0v) is 11.4. The van der Waals surface area contributed by atoms with Gasteiger partial charge in [0.2, 0.25) is 0 Å². The average molecular weight is 216 g/mol. The van der Waals surface area contributed by atoms with E-state index in [0.717, 1.165) is 6.61 Å². The molecule has 0 amide bonds. The number of rotatable bonds is 6. The first-order valence-electron chi connectivity index (χ1n) is 5.25. The fourth-order valence-corrected chi connectivity index (χ4v) is 2.12. The maximum absolute atomic E-state index is 5.76. The molecule has 84 valence electrons. The Kier molecular flexibility index (Phi) is 6.32. The van der Waals surface area contributed by atoms with Gasteiger partial charge in [-0.2, -0.15) is 0 Å². The molecule has 0 rings (SSSR count). The van der Waals surface area contributed by atoms with Gasteiger partial charge in [-0.05, 0) is 32.9 Å². The van der Waals surface area contributed by atoms with E-state index in [9.17, 15) is 0 Å². The van der Waals surface area contributed by atoms with Crippen molar-refractivity contribution in [1.82, 2.24) is 0 Å². The standard InChI is InChI=1S/C11H24O2Si/c1-10(2)7-8-12-14(5,6)13-9-11(3)4/h7,11H,8-9H2,1-6H3. The maximum Gasteiger partial charge on any atom is 0.331 e. The van der Waals surface area contributed by atoms with Gasteiger partial charge in [0.25, 0.3) is 0 Å². The highest BCUT2D eigenvalue weighted by Crippen LogP contribution is 2.09. The third-order valence-electron chi connectivity index (χ3n) is 1.69. The van der Waals surface area contributed by atoms with Crippen molar-refractivity contribution in [2.24, 2.45) is 5.92 Å². The van der Waals surface area contributed by atoms with Crippen molar-refractivity contribution >= 4 is 8.56 Å². The molecule has 0 aliphatic rings. The van der Waals surface area contributed by atoms with Crippen molar-refractivity contribution in [3.05, 3.63) is 11.6 Å². The summed E-state index contributed by atoms with van der Waals surface area (Å²) >= 11 is 0. The third kappa shape index (κ3) is 8.47. The highest BCUT2D eigenvalue weighted by atomic mass is 28.4. The first-order chi connectivity index (χ1) is 6.33. The number of hydrogen-bond donors (Lipinski definition) is 0. The second kappa shape index (κ2) is 6.38. The van der Waals surface area contributed by atoms with Crippen LogP contribution in [0.1, 0.15) is 27.7 Å². The van der Waals surface area contributed by atoms with E-state index in [4.69, 9.17) is 8.85 Å². The minimum atomic E-state index is -1.88.